The second-order valence-electron chi connectivity index (χ2n) is 7.04. The summed E-state index contributed by atoms with van der Waals surface area (Å²) in [4.78, 5) is 2.58. The van der Waals surface area contributed by atoms with E-state index in [0.29, 0.717) is 11.0 Å². The van der Waals surface area contributed by atoms with Gasteiger partial charge in [0.1, 0.15) is 0 Å². The zero-order chi connectivity index (χ0) is 11.0. The van der Waals surface area contributed by atoms with E-state index in [-0.39, 0.29) is 0 Å². The van der Waals surface area contributed by atoms with Gasteiger partial charge in [0.05, 0.1) is 0 Å². The Morgan fingerprint density at radius 2 is 1.50 bits per heavy atom. The van der Waals surface area contributed by atoms with E-state index >= 15 is 0 Å². The van der Waals surface area contributed by atoms with Crippen LogP contribution < -0.4 is 0 Å². The van der Waals surface area contributed by atoms with E-state index in [4.69, 9.17) is 0 Å². The molecule has 0 radical (unpaired) electrons. The predicted octanol–water partition coefficient (Wildman–Crippen LogP) is 3.54. The Morgan fingerprint density at radius 1 is 1.00 bits per heavy atom. The topological polar surface area (TPSA) is 3.24 Å². The molecule has 0 aromatic carbocycles. The summed E-state index contributed by atoms with van der Waals surface area (Å²) in [5, 5.41) is 0. The van der Waals surface area contributed by atoms with Gasteiger partial charge < -0.3 is 0 Å². The van der Waals surface area contributed by atoms with Crippen molar-refractivity contribution in [2.24, 2.45) is 11.3 Å². The number of rotatable bonds is 2. The van der Waals surface area contributed by atoms with Crippen molar-refractivity contribution in [1.29, 1.82) is 0 Å². The van der Waals surface area contributed by atoms with Crippen LogP contribution in [0.1, 0.15) is 54.4 Å². The van der Waals surface area contributed by atoms with Gasteiger partial charge in [-0.05, 0) is 44.9 Å². The Labute approximate surface area is 89.9 Å². The molecular formula is C13H27N. The summed E-state index contributed by atoms with van der Waals surface area (Å²) < 4.78 is 0. The smallest absolute Gasteiger partial charge is 0.0125 e. The lowest BCUT2D eigenvalue weighted by atomic mass is 9.82. The maximum absolute atomic E-state index is 2.58. The first-order chi connectivity index (χ1) is 6.18. The summed E-state index contributed by atoms with van der Waals surface area (Å²) in [5.41, 5.74) is 0.903. The Morgan fingerprint density at radius 3 is 1.86 bits per heavy atom. The molecule has 1 rings (SSSR count). The summed E-state index contributed by atoms with van der Waals surface area (Å²) >= 11 is 0. The molecule has 0 atom stereocenters. The van der Waals surface area contributed by atoms with E-state index in [1.165, 1.54) is 25.9 Å². The van der Waals surface area contributed by atoms with Gasteiger partial charge >= 0.3 is 0 Å². The van der Waals surface area contributed by atoms with Gasteiger partial charge in [-0.3, -0.25) is 4.90 Å². The van der Waals surface area contributed by atoms with Gasteiger partial charge in [0.2, 0.25) is 0 Å². The van der Waals surface area contributed by atoms with E-state index in [9.17, 15) is 0 Å². The molecular weight excluding hydrogens is 170 g/mol. The van der Waals surface area contributed by atoms with Crippen LogP contribution in [0.15, 0.2) is 0 Å². The first-order valence-corrected chi connectivity index (χ1v) is 5.93. The summed E-state index contributed by atoms with van der Waals surface area (Å²) in [6, 6.07) is 0. The van der Waals surface area contributed by atoms with Crippen molar-refractivity contribution in [3.63, 3.8) is 0 Å². The van der Waals surface area contributed by atoms with E-state index in [0.717, 1.165) is 5.92 Å². The minimum absolute atomic E-state index is 0.387. The molecule has 0 unspecified atom stereocenters. The van der Waals surface area contributed by atoms with Crippen LogP contribution in [0.25, 0.3) is 0 Å². The van der Waals surface area contributed by atoms with Crippen LogP contribution >= 0.6 is 0 Å². The third-order valence-electron chi connectivity index (χ3n) is 3.21. The standard InChI is InChI=1S/C13H27N/c1-12(2,3)8-7-11-9-14(10-11)13(4,5)6/h11H,7-10H2,1-6H3. The Bertz CT molecular complexity index is 174. The van der Waals surface area contributed by atoms with Crippen molar-refractivity contribution in [1.82, 2.24) is 4.90 Å². The molecule has 0 saturated carbocycles. The SMILES string of the molecule is CC(C)(C)CCC1CN(C(C)(C)C)C1. The molecule has 1 aliphatic rings. The summed E-state index contributed by atoms with van der Waals surface area (Å²) in [7, 11) is 0. The van der Waals surface area contributed by atoms with Gasteiger partial charge in [-0.2, -0.15) is 0 Å². The van der Waals surface area contributed by atoms with Crippen LogP contribution in [0.2, 0.25) is 0 Å². The molecule has 14 heavy (non-hydrogen) atoms. The number of hydrogen-bond donors (Lipinski definition) is 0. The molecule has 84 valence electrons. The normalized spacial score (nSPS) is 21.0. The van der Waals surface area contributed by atoms with Crippen LogP contribution in [-0.2, 0) is 0 Å². The van der Waals surface area contributed by atoms with Gasteiger partial charge in [0.25, 0.3) is 0 Å². The Hall–Kier alpha value is -0.0400. The number of hydrogen-bond acceptors (Lipinski definition) is 1. The molecule has 0 amide bonds. The van der Waals surface area contributed by atoms with E-state index < -0.39 is 0 Å². The molecule has 1 fully saturated rings. The lowest BCUT2D eigenvalue weighted by Crippen LogP contribution is -2.55. The number of likely N-dealkylation sites (tertiary alicyclic amines) is 1. The molecule has 0 aromatic heterocycles. The average molecular weight is 197 g/mol. The Balaban J connectivity index is 2.17. The monoisotopic (exact) mass is 197 g/mol. The van der Waals surface area contributed by atoms with E-state index in [1.54, 1.807) is 0 Å². The van der Waals surface area contributed by atoms with Crippen molar-refractivity contribution in [2.45, 2.75) is 59.9 Å². The van der Waals surface area contributed by atoms with Crippen molar-refractivity contribution in [3.05, 3.63) is 0 Å². The highest BCUT2D eigenvalue weighted by Crippen LogP contribution is 2.31. The first-order valence-electron chi connectivity index (χ1n) is 5.93. The highest BCUT2D eigenvalue weighted by molar-refractivity contribution is 4.88. The van der Waals surface area contributed by atoms with Gasteiger partial charge in [-0.1, -0.05) is 20.8 Å². The van der Waals surface area contributed by atoms with Crippen LogP contribution in [0, 0.1) is 11.3 Å². The van der Waals surface area contributed by atoms with Crippen LogP contribution in [0.3, 0.4) is 0 Å². The zero-order valence-corrected chi connectivity index (χ0v) is 10.9. The van der Waals surface area contributed by atoms with Gasteiger partial charge in [-0.25, -0.2) is 0 Å². The maximum atomic E-state index is 2.58. The van der Waals surface area contributed by atoms with Crippen molar-refractivity contribution < 1.29 is 0 Å². The number of nitrogens with zero attached hydrogens (tertiary/aromatic N) is 1. The summed E-state index contributed by atoms with van der Waals surface area (Å²) in [5.74, 6) is 0.966. The molecule has 0 N–H and O–H groups in total. The minimum atomic E-state index is 0.387. The summed E-state index contributed by atoms with van der Waals surface area (Å²) in [6.07, 6.45) is 2.78. The molecule has 1 saturated heterocycles. The van der Waals surface area contributed by atoms with Crippen LogP contribution in [-0.4, -0.2) is 23.5 Å². The third-order valence-corrected chi connectivity index (χ3v) is 3.21. The second kappa shape index (κ2) is 3.84. The fourth-order valence-electron chi connectivity index (χ4n) is 1.94. The summed E-state index contributed by atoms with van der Waals surface area (Å²) in [6.45, 7) is 16.6. The fourth-order valence-corrected chi connectivity index (χ4v) is 1.94. The average Bonchev–Trinajstić information content (AvgIpc) is 1.76. The second-order valence-corrected chi connectivity index (χ2v) is 7.04. The van der Waals surface area contributed by atoms with Gasteiger partial charge in [-0.15, -0.1) is 0 Å². The lowest BCUT2D eigenvalue weighted by Gasteiger charge is -2.48. The van der Waals surface area contributed by atoms with Crippen molar-refractivity contribution in [3.8, 4) is 0 Å². The van der Waals surface area contributed by atoms with Crippen molar-refractivity contribution in [2.75, 3.05) is 13.1 Å². The lowest BCUT2D eigenvalue weighted by molar-refractivity contribution is 0.00631. The first kappa shape index (κ1) is 12.0. The quantitative estimate of drug-likeness (QED) is 0.654. The molecule has 1 heteroatoms. The van der Waals surface area contributed by atoms with Crippen LogP contribution in [0.5, 0.6) is 0 Å². The highest BCUT2D eigenvalue weighted by atomic mass is 15.2. The molecule has 0 bridgehead atoms. The van der Waals surface area contributed by atoms with Crippen LogP contribution in [0.4, 0.5) is 0 Å². The minimum Gasteiger partial charge on any atom is -0.298 e. The van der Waals surface area contributed by atoms with E-state index in [2.05, 4.69) is 46.4 Å². The maximum Gasteiger partial charge on any atom is 0.0125 e. The van der Waals surface area contributed by atoms with Gasteiger partial charge in [0.15, 0.2) is 0 Å². The predicted molar refractivity (Wildman–Crippen MR) is 63.5 cm³/mol. The molecule has 0 aliphatic carbocycles. The third kappa shape index (κ3) is 3.61. The largest absolute Gasteiger partial charge is 0.298 e. The molecule has 0 aromatic rings. The van der Waals surface area contributed by atoms with Crippen molar-refractivity contribution >= 4 is 0 Å². The molecule has 0 spiro atoms. The zero-order valence-electron chi connectivity index (χ0n) is 10.9. The molecule has 1 heterocycles. The van der Waals surface area contributed by atoms with Gasteiger partial charge in [0, 0.05) is 18.6 Å². The fraction of sp³-hybridized carbons (Fsp3) is 1.00. The molecule has 1 aliphatic heterocycles. The molecule has 1 nitrogen and oxygen atoms in total. The highest BCUT2D eigenvalue weighted by Gasteiger charge is 2.34. The van der Waals surface area contributed by atoms with E-state index in [1.807, 2.05) is 0 Å². The Kier molecular flexibility index (Phi) is 3.30.